The zero-order valence-corrected chi connectivity index (χ0v) is 13.2. The Morgan fingerprint density at radius 1 is 1.14 bits per heavy atom. The Morgan fingerprint density at radius 2 is 1.76 bits per heavy atom. The first-order chi connectivity index (χ1) is 9.98. The van der Waals surface area contributed by atoms with Gasteiger partial charge in [-0.3, -0.25) is 0 Å². The van der Waals surface area contributed by atoms with Gasteiger partial charge in [0.15, 0.2) is 0 Å². The zero-order chi connectivity index (χ0) is 15.3. The van der Waals surface area contributed by atoms with E-state index < -0.39 is 0 Å². The third-order valence-electron chi connectivity index (χ3n) is 4.18. The second-order valence-electron chi connectivity index (χ2n) is 6.22. The van der Waals surface area contributed by atoms with Gasteiger partial charge in [-0.15, -0.1) is 0 Å². The molecule has 0 aliphatic heterocycles. The van der Waals surface area contributed by atoms with Crippen LogP contribution in [-0.4, -0.2) is 11.6 Å². The van der Waals surface area contributed by atoms with Crippen LogP contribution in [0.4, 0.5) is 0 Å². The van der Waals surface area contributed by atoms with Crippen molar-refractivity contribution >= 4 is 12.0 Å². The van der Waals surface area contributed by atoms with E-state index in [1.807, 2.05) is 37.3 Å². The predicted molar refractivity (Wildman–Crippen MR) is 86.8 cm³/mol. The van der Waals surface area contributed by atoms with Gasteiger partial charge in [-0.25, -0.2) is 4.79 Å². The van der Waals surface area contributed by atoms with Crippen molar-refractivity contribution in [3.05, 3.63) is 53.1 Å². The average Bonchev–Trinajstić information content (AvgIpc) is 2.46. The van der Waals surface area contributed by atoms with Gasteiger partial charge in [-0.1, -0.05) is 41.5 Å². The topological polar surface area (TPSA) is 26.3 Å². The standard InChI is InChI=1S/C19H24O2/c1-15(2)17-11-13-19(3,14-12-17)21-18(20)10-9-16-7-5-4-6-8-16/h4-10H,11-14H2,1-3H3. The van der Waals surface area contributed by atoms with Crippen molar-refractivity contribution < 1.29 is 9.53 Å². The van der Waals surface area contributed by atoms with Crippen molar-refractivity contribution in [1.82, 2.24) is 0 Å². The Bertz CT molecular complexity index is 538. The molecule has 0 unspecified atom stereocenters. The fraction of sp³-hybridized carbons (Fsp3) is 0.421. The molecule has 0 spiro atoms. The number of rotatable bonds is 3. The summed E-state index contributed by atoms with van der Waals surface area (Å²) >= 11 is 0. The van der Waals surface area contributed by atoms with E-state index in [2.05, 4.69) is 13.8 Å². The maximum Gasteiger partial charge on any atom is 0.331 e. The molecule has 0 amide bonds. The third kappa shape index (κ3) is 4.59. The molecular weight excluding hydrogens is 260 g/mol. The highest BCUT2D eigenvalue weighted by Crippen LogP contribution is 2.35. The van der Waals surface area contributed by atoms with E-state index in [4.69, 9.17) is 4.74 Å². The zero-order valence-electron chi connectivity index (χ0n) is 13.2. The number of ether oxygens (including phenoxy) is 1. The molecule has 0 aromatic heterocycles. The van der Waals surface area contributed by atoms with Gasteiger partial charge in [-0.2, -0.15) is 0 Å². The van der Waals surface area contributed by atoms with Crippen molar-refractivity contribution in [3.8, 4) is 0 Å². The largest absolute Gasteiger partial charge is 0.456 e. The van der Waals surface area contributed by atoms with Crippen LogP contribution in [0.3, 0.4) is 0 Å². The van der Waals surface area contributed by atoms with E-state index in [1.54, 1.807) is 6.08 Å². The molecule has 2 heteroatoms. The van der Waals surface area contributed by atoms with Gasteiger partial charge in [0.25, 0.3) is 0 Å². The summed E-state index contributed by atoms with van der Waals surface area (Å²) in [5.41, 5.74) is 3.61. The molecule has 0 atom stereocenters. The van der Waals surface area contributed by atoms with Crippen molar-refractivity contribution in [3.63, 3.8) is 0 Å². The maximum absolute atomic E-state index is 12.0. The summed E-state index contributed by atoms with van der Waals surface area (Å²) in [6.45, 7) is 6.36. The number of esters is 1. The third-order valence-corrected chi connectivity index (χ3v) is 4.18. The molecule has 2 rings (SSSR count). The Hall–Kier alpha value is -1.83. The Labute approximate surface area is 127 Å². The van der Waals surface area contributed by atoms with Crippen LogP contribution in [-0.2, 0) is 9.53 Å². The minimum Gasteiger partial charge on any atom is -0.456 e. The molecule has 0 bridgehead atoms. The van der Waals surface area contributed by atoms with Crippen LogP contribution < -0.4 is 0 Å². The van der Waals surface area contributed by atoms with Gasteiger partial charge in [0.1, 0.15) is 5.60 Å². The van der Waals surface area contributed by atoms with Gasteiger partial charge in [0.05, 0.1) is 0 Å². The minimum absolute atomic E-state index is 0.248. The summed E-state index contributed by atoms with van der Waals surface area (Å²) < 4.78 is 5.68. The highest BCUT2D eigenvalue weighted by atomic mass is 16.6. The van der Waals surface area contributed by atoms with Gasteiger partial charge in [0, 0.05) is 6.08 Å². The molecule has 1 saturated carbocycles. The van der Waals surface area contributed by atoms with Gasteiger partial charge >= 0.3 is 5.97 Å². The molecule has 1 aliphatic carbocycles. The Balaban J connectivity index is 1.91. The number of benzene rings is 1. The quantitative estimate of drug-likeness (QED) is 0.448. The Kier molecular flexibility index (Phi) is 5.00. The first kappa shape index (κ1) is 15.6. The van der Waals surface area contributed by atoms with Crippen molar-refractivity contribution in [1.29, 1.82) is 0 Å². The first-order valence-electron chi connectivity index (χ1n) is 7.60. The summed E-state index contributed by atoms with van der Waals surface area (Å²) in [5, 5.41) is 0. The lowest BCUT2D eigenvalue weighted by Crippen LogP contribution is -2.34. The normalized spacial score (nSPS) is 22.3. The smallest absolute Gasteiger partial charge is 0.331 e. The molecule has 0 saturated heterocycles. The van der Waals surface area contributed by atoms with Crippen LogP contribution in [0.15, 0.2) is 47.6 Å². The second kappa shape index (κ2) is 6.75. The molecular formula is C19H24O2. The molecule has 1 aliphatic rings. The van der Waals surface area contributed by atoms with Crippen molar-refractivity contribution in [2.45, 2.75) is 52.1 Å². The molecule has 1 aromatic rings. The summed E-state index contributed by atoms with van der Waals surface area (Å²) in [7, 11) is 0. The monoisotopic (exact) mass is 284 g/mol. The SMILES string of the molecule is CC(C)=C1CCC(C)(OC(=O)C=Cc2ccccc2)CC1. The Morgan fingerprint density at radius 3 is 2.33 bits per heavy atom. The second-order valence-corrected chi connectivity index (χ2v) is 6.22. The van der Waals surface area contributed by atoms with Crippen LogP contribution in [0.2, 0.25) is 0 Å². The summed E-state index contributed by atoms with van der Waals surface area (Å²) in [6.07, 6.45) is 7.23. The molecule has 21 heavy (non-hydrogen) atoms. The number of allylic oxidation sites excluding steroid dienone is 2. The average molecular weight is 284 g/mol. The molecule has 1 aromatic carbocycles. The van der Waals surface area contributed by atoms with E-state index in [9.17, 15) is 4.79 Å². The summed E-state index contributed by atoms with van der Waals surface area (Å²) in [5.74, 6) is -0.248. The fourth-order valence-corrected chi connectivity index (χ4v) is 2.69. The number of hydrogen-bond donors (Lipinski definition) is 0. The van der Waals surface area contributed by atoms with Crippen LogP contribution in [0.1, 0.15) is 52.0 Å². The van der Waals surface area contributed by atoms with Gasteiger partial charge in [-0.05, 0) is 58.1 Å². The number of hydrogen-bond acceptors (Lipinski definition) is 2. The van der Waals surface area contributed by atoms with Crippen molar-refractivity contribution in [2.24, 2.45) is 0 Å². The van der Waals surface area contributed by atoms with Crippen LogP contribution in [0.5, 0.6) is 0 Å². The van der Waals surface area contributed by atoms with Gasteiger partial charge < -0.3 is 4.74 Å². The van der Waals surface area contributed by atoms with Gasteiger partial charge in [0.2, 0.25) is 0 Å². The molecule has 0 radical (unpaired) electrons. The summed E-state index contributed by atoms with van der Waals surface area (Å²) in [6, 6.07) is 9.79. The van der Waals surface area contributed by atoms with Crippen LogP contribution in [0, 0.1) is 0 Å². The van der Waals surface area contributed by atoms with E-state index in [1.165, 1.54) is 17.2 Å². The lowest BCUT2D eigenvalue weighted by Gasteiger charge is -2.34. The molecule has 2 nitrogen and oxygen atoms in total. The predicted octanol–water partition coefficient (Wildman–Crippen LogP) is 4.91. The van der Waals surface area contributed by atoms with Crippen molar-refractivity contribution in [2.75, 3.05) is 0 Å². The van der Waals surface area contributed by atoms with E-state index in [-0.39, 0.29) is 11.6 Å². The highest BCUT2D eigenvalue weighted by molar-refractivity contribution is 5.87. The first-order valence-corrected chi connectivity index (χ1v) is 7.60. The summed E-state index contributed by atoms with van der Waals surface area (Å²) in [4.78, 5) is 12.0. The number of carbonyl (C=O) groups is 1. The number of carbonyl (C=O) groups excluding carboxylic acids is 1. The molecule has 1 fully saturated rings. The van der Waals surface area contributed by atoms with E-state index in [0.29, 0.717) is 0 Å². The van der Waals surface area contributed by atoms with E-state index >= 15 is 0 Å². The highest BCUT2D eigenvalue weighted by Gasteiger charge is 2.32. The minimum atomic E-state index is -0.322. The van der Waals surface area contributed by atoms with Crippen LogP contribution >= 0.6 is 0 Å². The molecule has 0 heterocycles. The lowest BCUT2D eigenvalue weighted by atomic mass is 9.82. The fourth-order valence-electron chi connectivity index (χ4n) is 2.69. The lowest BCUT2D eigenvalue weighted by molar-refractivity contribution is -0.153. The molecule has 0 N–H and O–H groups in total. The molecule has 112 valence electrons. The van der Waals surface area contributed by atoms with E-state index in [0.717, 1.165) is 31.2 Å². The maximum atomic E-state index is 12.0. The van der Waals surface area contributed by atoms with Crippen LogP contribution in [0.25, 0.3) is 6.08 Å².